The number of carbonyl (C=O) groups is 1. The summed E-state index contributed by atoms with van der Waals surface area (Å²) in [5, 5.41) is 0. The summed E-state index contributed by atoms with van der Waals surface area (Å²) in [6.07, 6.45) is 6.89. The quantitative estimate of drug-likeness (QED) is 0.880. The second kappa shape index (κ2) is 6.44. The van der Waals surface area contributed by atoms with Crippen LogP contribution in [0, 0.1) is 5.92 Å². The molecule has 1 aromatic rings. The normalized spacial score (nSPS) is 28.4. The number of nitrogen functional groups attached to an aromatic ring is 1. The Morgan fingerprint density at radius 2 is 2.12 bits per heavy atom. The van der Waals surface area contributed by atoms with Crippen molar-refractivity contribution in [3.63, 3.8) is 0 Å². The molecule has 1 amide bonds. The van der Waals surface area contributed by atoms with E-state index in [1.807, 2.05) is 6.07 Å². The summed E-state index contributed by atoms with van der Waals surface area (Å²) < 4.78 is 0. The van der Waals surface area contributed by atoms with Crippen LogP contribution in [0.2, 0.25) is 0 Å². The van der Waals surface area contributed by atoms with Crippen molar-refractivity contribution in [2.24, 2.45) is 5.92 Å². The lowest BCUT2D eigenvalue weighted by atomic mass is 9.86. The van der Waals surface area contributed by atoms with Crippen molar-refractivity contribution < 1.29 is 4.79 Å². The average Bonchev–Trinajstić information content (AvgIpc) is 3.43. The molecule has 1 aliphatic carbocycles. The highest BCUT2D eigenvalue weighted by Gasteiger charge is 2.43. The van der Waals surface area contributed by atoms with Gasteiger partial charge in [-0.05, 0) is 44.7 Å². The van der Waals surface area contributed by atoms with Gasteiger partial charge in [-0.25, -0.2) is 4.98 Å². The molecule has 4 rings (SSSR count). The fourth-order valence-electron chi connectivity index (χ4n) is 4.23. The number of hydrogen-bond donors (Lipinski definition) is 1. The first-order chi connectivity index (χ1) is 12.1. The number of likely N-dealkylation sites (N-methyl/N-ethyl adjacent to an activating group) is 1. The molecule has 3 aliphatic rings. The number of carbonyl (C=O) groups excluding carboxylic acids is 1. The van der Waals surface area contributed by atoms with Gasteiger partial charge in [0.2, 0.25) is 11.9 Å². The van der Waals surface area contributed by atoms with E-state index < -0.39 is 0 Å². The maximum Gasteiger partial charge on any atom is 0.222 e. The van der Waals surface area contributed by atoms with Crippen LogP contribution in [0.3, 0.4) is 0 Å². The molecule has 7 heteroatoms. The second-order valence-electron chi connectivity index (χ2n) is 7.87. The molecule has 1 atom stereocenters. The van der Waals surface area contributed by atoms with Crippen LogP contribution >= 0.6 is 0 Å². The molecule has 3 heterocycles. The highest BCUT2D eigenvalue weighted by atomic mass is 16.2. The molecule has 136 valence electrons. The standard InChI is InChI=1S/C18H28N6O/c1-22-10-11-24(15-5-8-20-17(19)21-15)13-18(22)6-4-16(25)23(9-7-18)12-14-2-3-14/h5,8,14H,2-4,6-7,9-13H2,1H3,(H2,19,20,21). The van der Waals surface area contributed by atoms with Gasteiger partial charge in [-0.3, -0.25) is 9.69 Å². The number of nitrogens with zero attached hydrogens (tertiary/aromatic N) is 5. The van der Waals surface area contributed by atoms with Crippen molar-refractivity contribution in [2.45, 2.75) is 37.6 Å². The van der Waals surface area contributed by atoms with E-state index in [4.69, 9.17) is 5.73 Å². The number of piperazine rings is 1. The van der Waals surface area contributed by atoms with Gasteiger partial charge in [0.25, 0.3) is 0 Å². The van der Waals surface area contributed by atoms with E-state index in [0.29, 0.717) is 18.3 Å². The molecule has 1 spiro atoms. The third kappa shape index (κ3) is 3.42. The van der Waals surface area contributed by atoms with Crippen molar-refractivity contribution in [3.05, 3.63) is 12.3 Å². The number of rotatable bonds is 3. The number of nitrogens with two attached hydrogens (primary N) is 1. The maximum absolute atomic E-state index is 12.6. The fraction of sp³-hybridized carbons (Fsp3) is 0.722. The molecule has 3 fully saturated rings. The van der Waals surface area contributed by atoms with Crippen LogP contribution in [0.15, 0.2) is 12.3 Å². The number of hydrogen-bond acceptors (Lipinski definition) is 6. The minimum atomic E-state index is 0.0337. The fourth-order valence-corrected chi connectivity index (χ4v) is 4.23. The molecule has 7 nitrogen and oxygen atoms in total. The van der Waals surface area contributed by atoms with Crippen LogP contribution in [0.5, 0.6) is 0 Å². The lowest BCUT2D eigenvalue weighted by Crippen LogP contribution is -2.61. The summed E-state index contributed by atoms with van der Waals surface area (Å²) in [6, 6.07) is 1.93. The van der Waals surface area contributed by atoms with Crippen LogP contribution in [0.25, 0.3) is 0 Å². The molecule has 1 aromatic heterocycles. The summed E-state index contributed by atoms with van der Waals surface area (Å²) in [6.45, 7) is 4.63. The Labute approximate surface area is 149 Å². The number of likely N-dealkylation sites (tertiary alicyclic amines) is 1. The van der Waals surface area contributed by atoms with Crippen molar-refractivity contribution in [2.75, 3.05) is 50.4 Å². The molecule has 25 heavy (non-hydrogen) atoms. The summed E-state index contributed by atoms with van der Waals surface area (Å²) in [5.41, 5.74) is 5.80. The Balaban J connectivity index is 1.51. The predicted molar refractivity (Wildman–Crippen MR) is 97.2 cm³/mol. The topological polar surface area (TPSA) is 78.6 Å². The third-order valence-corrected chi connectivity index (χ3v) is 6.16. The Hall–Kier alpha value is -1.89. The first-order valence-corrected chi connectivity index (χ1v) is 9.38. The second-order valence-corrected chi connectivity index (χ2v) is 7.87. The minimum Gasteiger partial charge on any atom is -0.368 e. The van der Waals surface area contributed by atoms with Gasteiger partial charge in [-0.2, -0.15) is 4.98 Å². The Morgan fingerprint density at radius 1 is 1.28 bits per heavy atom. The zero-order valence-electron chi connectivity index (χ0n) is 15.0. The van der Waals surface area contributed by atoms with Crippen LogP contribution in [0.4, 0.5) is 11.8 Å². The van der Waals surface area contributed by atoms with E-state index in [1.165, 1.54) is 12.8 Å². The third-order valence-electron chi connectivity index (χ3n) is 6.16. The highest BCUT2D eigenvalue weighted by Crippen LogP contribution is 2.35. The van der Waals surface area contributed by atoms with E-state index in [2.05, 4.69) is 31.7 Å². The van der Waals surface area contributed by atoms with Gasteiger partial charge in [0.1, 0.15) is 5.82 Å². The van der Waals surface area contributed by atoms with Crippen molar-refractivity contribution in [1.82, 2.24) is 19.8 Å². The van der Waals surface area contributed by atoms with Crippen molar-refractivity contribution in [3.8, 4) is 0 Å². The lowest BCUT2D eigenvalue weighted by molar-refractivity contribution is -0.130. The Bertz CT molecular complexity index is 648. The summed E-state index contributed by atoms with van der Waals surface area (Å²) in [4.78, 5) is 27.8. The largest absolute Gasteiger partial charge is 0.368 e. The predicted octanol–water partition coefficient (Wildman–Crippen LogP) is 0.972. The van der Waals surface area contributed by atoms with Gasteiger partial charge in [-0.1, -0.05) is 0 Å². The Kier molecular flexibility index (Phi) is 4.27. The highest BCUT2D eigenvalue weighted by molar-refractivity contribution is 5.76. The summed E-state index contributed by atoms with van der Waals surface area (Å²) in [5.74, 6) is 2.30. The van der Waals surface area contributed by atoms with Gasteiger partial charge in [0.15, 0.2) is 0 Å². The van der Waals surface area contributed by atoms with Gasteiger partial charge >= 0.3 is 0 Å². The number of aromatic nitrogens is 2. The van der Waals surface area contributed by atoms with Gasteiger partial charge < -0.3 is 15.5 Å². The molecular weight excluding hydrogens is 316 g/mol. The van der Waals surface area contributed by atoms with Gasteiger partial charge in [0.05, 0.1) is 0 Å². The molecule has 1 unspecified atom stereocenters. The molecule has 2 saturated heterocycles. The molecular formula is C18H28N6O. The van der Waals surface area contributed by atoms with E-state index in [9.17, 15) is 4.79 Å². The molecule has 0 radical (unpaired) electrons. The monoisotopic (exact) mass is 344 g/mol. The number of amides is 1. The smallest absolute Gasteiger partial charge is 0.222 e. The Morgan fingerprint density at radius 3 is 2.88 bits per heavy atom. The average molecular weight is 344 g/mol. The molecule has 0 bridgehead atoms. The van der Waals surface area contributed by atoms with E-state index in [0.717, 1.165) is 57.3 Å². The van der Waals surface area contributed by atoms with E-state index >= 15 is 0 Å². The molecule has 0 aromatic carbocycles. The van der Waals surface area contributed by atoms with Gasteiger partial charge in [0, 0.05) is 50.9 Å². The van der Waals surface area contributed by atoms with E-state index in [1.54, 1.807) is 6.20 Å². The van der Waals surface area contributed by atoms with Crippen LogP contribution in [-0.4, -0.2) is 71.0 Å². The maximum atomic E-state index is 12.6. The zero-order valence-corrected chi connectivity index (χ0v) is 15.0. The first kappa shape index (κ1) is 16.6. The SMILES string of the molecule is CN1CCN(c2ccnc(N)n2)CC12CCC(=O)N(CC1CC1)CC2. The molecule has 1 saturated carbocycles. The van der Waals surface area contributed by atoms with Crippen LogP contribution in [-0.2, 0) is 4.79 Å². The van der Waals surface area contributed by atoms with E-state index in [-0.39, 0.29) is 5.54 Å². The summed E-state index contributed by atoms with van der Waals surface area (Å²) >= 11 is 0. The van der Waals surface area contributed by atoms with Crippen LogP contribution < -0.4 is 10.6 Å². The first-order valence-electron chi connectivity index (χ1n) is 9.38. The minimum absolute atomic E-state index is 0.0337. The molecule has 2 N–H and O–H groups in total. The molecule has 2 aliphatic heterocycles. The number of anilines is 2. The van der Waals surface area contributed by atoms with Crippen molar-refractivity contribution >= 4 is 17.7 Å². The van der Waals surface area contributed by atoms with Crippen LogP contribution in [0.1, 0.15) is 32.1 Å². The van der Waals surface area contributed by atoms with Gasteiger partial charge in [-0.15, -0.1) is 0 Å². The van der Waals surface area contributed by atoms with Crippen molar-refractivity contribution in [1.29, 1.82) is 0 Å². The summed E-state index contributed by atoms with van der Waals surface area (Å²) in [7, 11) is 2.20. The lowest BCUT2D eigenvalue weighted by Gasteiger charge is -2.49. The zero-order chi connectivity index (χ0) is 17.4.